The first-order chi connectivity index (χ1) is 10.8. The number of unbranched alkanes of at least 4 members (excludes halogenated alkanes) is 3. The lowest BCUT2D eigenvalue weighted by atomic mass is 9.90. The fourth-order valence-electron chi connectivity index (χ4n) is 3.31. The SMILES string of the molecule is CCCCCCN[C@@H]1CCCC[C@H]1NCc1ccc(Cl)cc1. The van der Waals surface area contributed by atoms with Crippen LogP contribution in [0, 0.1) is 0 Å². The van der Waals surface area contributed by atoms with Crippen LogP contribution < -0.4 is 10.6 Å². The summed E-state index contributed by atoms with van der Waals surface area (Å²) in [5.41, 5.74) is 1.32. The molecule has 2 nitrogen and oxygen atoms in total. The summed E-state index contributed by atoms with van der Waals surface area (Å²) >= 11 is 5.95. The highest BCUT2D eigenvalue weighted by molar-refractivity contribution is 6.30. The van der Waals surface area contributed by atoms with E-state index in [4.69, 9.17) is 11.6 Å². The van der Waals surface area contributed by atoms with Gasteiger partial charge in [0.2, 0.25) is 0 Å². The molecule has 1 saturated carbocycles. The van der Waals surface area contributed by atoms with E-state index in [0.29, 0.717) is 12.1 Å². The number of rotatable bonds is 9. The molecular weight excluding hydrogens is 292 g/mol. The van der Waals surface area contributed by atoms with Gasteiger partial charge in [-0.15, -0.1) is 0 Å². The van der Waals surface area contributed by atoms with Crippen molar-refractivity contribution in [2.45, 2.75) is 76.9 Å². The molecule has 0 saturated heterocycles. The molecule has 1 fully saturated rings. The summed E-state index contributed by atoms with van der Waals surface area (Å²) in [6, 6.07) is 9.43. The maximum atomic E-state index is 5.95. The standard InChI is InChI=1S/C19H31ClN2/c1-2-3-4-7-14-21-18-8-5-6-9-19(18)22-15-16-10-12-17(20)13-11-16/h10-13,18-19,21-22H,2-9,14-15H2,1H3/t18-,19-/m1/s1. The molecule has 0 aliphatic heterocycles. The normalized spacial score (nSPS) is 21.9. The van der Waals surface area contributed by atoms with Crippen LogP contribution in [0.25, 0.3) is 0 Å². The fraction of sp³-hybridized carbons (Fsp3) is 0.684. The lowest BCUT2D eigenvalue weighted by molar-refractivity contribution is 0.281. The zero-order chi connectivity index (χ0) is 15.6. The summed E-state index contributed by atoms with van der Waals surface area (Å²) in [7, 11) is 0. The highest BCUT2D eigenvalue weighted by Gasteiger charge is 2.23. The number of hydrogen-bond donors (Lipinski definition) is 2. The summed E-state index contributed by atoms with van der Waals surface area (Å²) in [6.07, 6.45) is 10.7. The predicted molar refractivity (Wildman–Crippen MR) is 96.5 cm³/mol. The minimum absolute atomic E-state index is 0.607. The average molecular weight is 323 g/mol. The monoisotopic (exact) mass is 322 g/mol. The van der Waals surface area contributed by atoms with E-state index in [9.17, 15) is 0 Å². The third-order valence-corrected chi connectivity index (χ3v) is 4.94. The van der Waals surface area contributed by atoms with Crippen LogP contribution >= 0.6 is 11.6 Å². The fourth-order valence-corrected chi connectivity index (χ4v) is 3.44. The third kappa shape index (κ3) is 6.28. The van der Waals surface area contributed by atoms with Crippen molar-refractivity contribution in [3.63, 3.8) is 0 Å². The molecule has 0 amide bonds. The van der Waals surface area contributed by atoms with Gasteiger partial charge in [0.25, 0.3) is 0 Å². The second kappa shape index (κ2) is 10.3. The van der Waals surface area contributed by atoms with Crippen LogP contribution in [0.5, 0.6) is 0 Å². The number of halogens is 1. The van der Waals surface area contributed by atoms with E-state index in [0.717, 1.165) is 11.6 Å². The molecule has 0 bridgehead atoms. The van der Waals surface area contributed by atoms with Crippen molar-refractivity contribution in [1.82, 2.24) is 10.6 Å². The largest absolute Gasteiger partial charge is 0.312 e. The molecule has 0 heterocycles. The van der Waals surface area contributed by atoms with E-state index in [1.165, 1.54) is 63.5 Å². The second-order valence-corrected chi connectivity index (χ2v) is 6.96. The van der Waals surface area contributed by atoms with E-state index in [1.807, 2.05) is 12.1 Å². The molecule has 1 aromatic carbocycles. The quantitative estimate of drug-likeness (QED) is 0.631. The van der Waals surface area contributed by atoms with E-state index in [1.54, 1.807) is 0 Å². The van der Waals surface area contributed by atoms with E-state index >= 15 is 0 Å². The minimum Gasteiger partial charge on any atom is -0.312 e. The van der Waals surface area contributed by atoms with Crippen molar-refractivity contribution in [2.75, 3.05) is 6.54 Å². The van der Waals surface area contributed by atoms with Crippen molar-refractivity contribution in [1.29, 1.82) is 0 Å². The van der Waals surface area contributed by atoms with E-state index in [-0.39, 0.29) is 0 Å². The van der Waals surface area contributed by atoms with Gasteiger partial charge in [-0.3, -0.25) is 0 Å². The molecule has 2 N–H and O–H groups in total. The Hall–Kier alpha value is -0.570. The molecule has 1 aliphatic carbocycles. The Morgan fingerprint density at radius 3 is 2.32 bits per heavy atom. The van der Waals surface area contributed by atoms with Crippen LogP contribution in [-0.2, 0) is 6.54 Å². The topological polar surface area (TPSA) is 24.1 Å². The summed E-state index contributed by atoms with van der Waals surface area (Å²) in [4.78, 5) is 0. The van der Waals surface area contributed by atoms with Gasteiger partial charge in [0.15, 0.2) is 0 Å². The average Bonchev–Trinajstić information content (AvgIpc) is 2.55. The van der Waals surface area contributed by atoms with E-state index < -0.39 is 0 Å². The van der Waals surface area contributed by atoms with Gasteiger partial charge in [-0.2, -0.15) is 0 Å². The molecule has 1 aliphatic rings. The molecule has 2 rings (SSSR count). The smallest absolute Gasteiger partial charge is 0.0406 e. The Balaban J connectivity index is 1.73. The molecule has 22 heavy (non-hydrogen) atoms. The first kappa shape index (κ1) is 17.8. The third-order valence-electron chi connectivity index (χ3n) is 4.68. The molecular formula is C19H31ClN2. The number of nitrogens with one attached hydrogen (secondary N) is 2. The first-order valence-electron chi connectivity index (χ1n) is 9.01. The highest BCUT2D eigenvalue weighted by Crippen LogP contribution is 2.19. The minimum atomic E-state index is 0.607. The summed E-state index contributed by atoms with van der Waals surface area (Å²) in [6.45, 7) is 4.38. The molecule has 0 spiro atoms. The van der Waals surface area contributed by atoms with Gasteiger partial charge in [-0.1, -0.05) is 62.8 Å². The van der Waals surface area contributed by atoms with Crippen LogP contribution in [0.2, 0.25) is 5.02 Å². The zero-order valence-corrected chi connectivity index (χ0v) is 14.7. The molecule has 0 unspecified atom stereocenters. The lowest BCUT2D eigenvalue weighted by Crippen LogP contribution is -2.49. The maximum Gasteiger partial charge on any atom is 0.0406 e. The van der Waals surface area contributed by atoms with Gasteiger partial charge >= 0.3 is 0 Å². The molecule has 2 atom stereocenters. The maximum absolute atomic E-state index is 5.95. The Kier molecular flexibility index (Phi) is 8.28. The van der Waals surface area contributed by atoms with Crippen molar-refractivity contribution >= 4 is 11.6 Å². The molecule has 0 aromatic heterocycles. The highest BCUT2D eigenvalue weighted by atomic mass is 35.5. The van der Waals surface area contributed by atoms with Crippen molar-refractivity contribution < 1.29 is 0 Å². The van der Waals surface area contributed by atoms with Gasteiger partial charge in [0, 0.05) is 23.7 Å². The van der Waals surface area contributed by atoms with Crippen molar-refractivity contribution in [3.8, 4) is 0 Å². The van der Waals surface area contributed by atoms with Crippen LogP contribution in [0.1, 0.15) is 63.9 Å². The van der Waals surface area contributed by atoms with Gasteiger partial charge in [-0.05, 0) is 43.5 Å². The molecule has 1 aromatic rings. The number of benzene rings is 1. The molecule has 124 valence electrons. The lowest BCUT2D eigenvalue weighted by Gasteiger charge is -2.33. The Labute approximate surface area is 141 Å². The van der Waals surface area contributed by atoms with Crippen LogP contribution in [-0.4, -0.2) is 18.6 Å². The van der Waals surface area contributed by atoms with Gasteiger partial charge in [-0.25, -0.2) is 0 Å². The van der Waals surface area contributed by atoms with Gasteiger partial charge < -0.3 is 10.6 Å². The Morgan fingerprint density at radius 2 is 1.64 bits per heavy atom. The van der Waals surface area contributed by atoms with Gasteiger partial charge in [0.1, 0.15) is 0 Å². The molecule has 3 heteroatoms. The van der Waals surface area contributed by atoms with Crippen molar-refractivity contribution in [3.05, 3.63) is 34.9 Å². The number of hydrogen-bond acceptors (Lipinski definition) is 2. The summed E-state index contributed by atoms with van der Waals surface area (Å²) in [5, 5.41) is 8.36. The van der Waals surface area contributed by atoms with Crippen LogP contribution in [0.3, 0.4) is 0 Å². The predicted octanol–water partition coefficient (Wildman–Crippen LogP) is 4.91. The van der Waals surface area contributed by atoms with Gasteiger partial charge in [0.05, 0.1) is 0 Å². The Bertz CT molecular complexity index is 404. The summed E-state index contributed by atoms with van der Waals surface area (Å²) < 4.78 is 0. The van der Waals surface area contributed by atoms with E-state index in [2.05, 4.69) is 29.7 Å². The van der Waals surface area contributed by atoms with Crippen molar-refractivity contribution in [2.24, 2.45) is 0 Å². The summed E-state index contributed by atoms with van der Waals surface area (Å²) in [5.74, 6) is 0. The van der Waals surface area contributed by atoms with Crippen LogP contribution in [0.15, 0.2) is 24.3 Å². The zero-order valence-electron chi connectivity index (χ0n) is 13.9. The Morgan fingerprint density at radius 1 is 0.955 bits per heavy atom. The molecule has 0 radical (unpaired) electrons. The first-order valence-corrected chi connectivity index (χ1v) is 9.38. The van der Waals surface area contributed by atoms with Crippen LogP contribution in [0.4, 0.5) is 0 Å². The second-order valence-electron chi connectivity index (χ2n) is 6.52.